The van der Waals surface area contributed by atoms with E-state index in [4.69, 9.17) is 4.74 Å². The number of nitrogens with zero attached hydrogens (tertiary/aromatic N) is 3. The van der Waals surface area contributed by atoms with Gasteiger partial charge in [-0.2, -0.15) is 0 Å². The van der Waals surface area contributed by atoms with E-state index >= 15 is 0 Å². The summed E-state index contributed by atoms with van der Waals surface area (Å²) in [5.41, 5.74) is 1.11. The van der Waals surface area contributed by atoms with Crippen molar-refractivity contribution in [3.8, 4) is 6.01 Å². The van der Waals surface area contributed by atoms with Crippen molar-refractivity contribution >= 4 is 5.91 Å². The van der Waals surface area contributed by atoms with Crippen molar-refractivity contribution < 1.29 is 9.53 Å². The average molecular weight is 315 g/mol. The van der Waals surface area contributed by atoms with E-state index in [1.54, 1.807) is 0 Å². The summed E-state index contributed by atoms with van der Waals surface area (Å²) in [4.78, 5) is 23.0. The van der Waals surface area contributed by atoms with Gasteiger partial charge in [-0.1, -0.05) is 19.1 Å². The van der Waals surface area contributed by atoms with Crippen molar-refractivity contribution in [3.63, 3.8) is 0 Å². The number of hydrogen-bond acceptors (Lipinski definition) is 4. The van der Waals surface area contributed by atoms with Crippen molar-refractivity contribution in [2.45, 2.75) is 51.6 Å². The number of amides is 1. The van der Waals surface area contributed by atoms with E-state index in [0.29, 0.717) is 11.9 Å². The first-order valence-electron chi connectivity index (χ1n) is 8.67. The monoisotopic (exact) mass is 315 g/mol. The number of aromatic nitrogens is 2. The lowest BCUT2D eigenvalue weighted by atomic mass is 9.92. The highest BCUT2D eigenvalue weighted by Gasteiger charge is 2.29. The second-order valence-electron chi connectivity index (χ2n) is 6.35. The van der Waals surface area contributed by atoms with Gasteiger partial charge in [-0.25, -0.2) is 9.97 Å². The van der Waals surface area contributed by atoms with E-state index in [1.807, 2.05) is 17.3 Å². The molecule has 0 radical (unpaired) electrons. The summed E-state index contributed by atoms with van der Waals surface area (Å²) in [6.45, 7) is 3.63. The van der Waals surface area contributed by atoms with Crippen LogP contribution in [0.2, 0.25) is 0 Å². The van der Waals surface area contributed by atoms with Gasteiger partial charge in [-0.15, -0.1) is 0 Å². The van der Waals surface area contributed by atoms with Crippen LogP contribution in [-0.4, -0.2) is 40.0 Å². The van der Waals surface area contributed by atoms with Gasteiger partial charge in [-0.05, 0) is 31.2 Å². The Kier molecular flexibility index (Phi) is 5.26. The number of carbonyl (C=O) groups excluding carboxylic acids is 1. The highest BCUT2D eigenvalue weighted by atomic mass is 16.5. The molecule has 3 rings (SSSR count). The number of ether oxygens (including phenoxy) is 1. The van der Waals surface area contributed by atoms with Gasteiger partial charge < -0.3 is 9.64 Å². The van der Waals surface area contributed by atoms with Crippen LogP contribution < -0.4 is 4.74 Å². The topological polar surface area (TPSA) is 55.3 Å². The van der Waals surface area contributed by atoms with E-state index in [0.717, 1.165) is 57.2 Å². The van der Waals surface area contributed by atoms with Crippen molar-refractivity contribution in [2.24, 2.45) is 5.92 Å². The summed E-state index contributed by atoms with van der Waals surface area (Å²) in [6.07, 6.45) is 13.6. The molecule has 1 saturated heterocycles. The van der Waals surface area contributed by atoms with Crippen molar-refractivity contribution in [2.75, 3.05) is 13.1 Å². The first-order chi connectivity index (χ1) is 11.3. The first kappa shape index (κ1) is 16.0. The molecule has 2 heterocycles. The second-order valence-corrected chi connectivity index (χ2v) is 6.35. The van der Waals surface area contributed by atoms with E-state index in [9.17, 15) is 4.79 Å². The van der Waals surface area contributed by atoms with E-state index < -0.39 is 0 Å². The summed E-state index contributed by atoms with van der Waals surface area (Å²) in [5, 5.41) is 0. The number of piperidine rings is 1. The minimum Gasteiger partial charge on any atom is -0.460 e. The summed E-state index contributed by atoms with van der Waals surface area (Å²) in [7, 11) is 0. The predicted octanol–water partition coefficient (Wildman–Crippen LogP) is 2.77. The fourth-order valence-corrected chi connectivity index (χ4v) is 3.21. The molecule has 1 fully saturated rings. The molecule has 5 nitrogen and oxygen atoms in total. The molecule has 124 valence electrons. The van der Waals surface area contributed by atoms with Gasteiger partial charge in [0.05, 0.1) is 0 Å². The van der Waals surface area contributed by atoms with E-state index in [2.05, 4.69) is 29.0 Å². The molecule has 1 aliphatic heterocycles. The molecule has 0 bridgehead atoms. The fraction of sp³-hybridized carbons (Fsp3) is 0.611. The van der Waals surface area contributed by atoms with Crippen LogP contribution >= 0.6 is 0 Å². The number of aryl methyl sites for hydroxylation is 1. The minimum absolute atomic E-state index is 0.109. The van der Waals surface area contributed by atoms with Crippen LogP contribution in [0.1, 0.15) is 44.6 Å². The molecule has 0 spiro atoms. The molecule has 1 aliphatic carbocycles. The maximum Gasteiger partial charge on any atom is 0.316 e. The predicted molar refractivity (Wildman–Crippen MR) is 88.1 cm³/mol. The smallest absolute Gasteiger partial charge is 0.316 e. The standard InChI is InChI=1S/C18H25N3O2/c1-2-14-12-19-18(20-13-14)23-16-8-10-21(11-9-16)17(22)15-6-4-3-5-7-15/h3-4,12-13,15-16H,2,5-11H2,1H3. The van der Waals surface area contributed by atoms with Crippen LogP contribution in [0, 0.1) is 5.92 Å². The fourth-order valence-electron chi connectivity index (χ4n) is 3.21. The van der Waals surface area contributed by atoms with Crippen molar-refractivity contribution in [3.05, 3.63) is 30.1 Å². The third kappa shape index (κ3) is 4.09. The molecule has 0 aromatic carbocycles. The molecular weight excluding hydrogens is 290 g/mol. The van der Waals surface area contributed by atoms with Crippen molar-refractivity contribution in [1.82, 2.24) is 14.9 Å². The minimum atomic E-state index is 0.109. The molecule has 1 aromatic heterocycles. The quantitative estimate of drug-likeness (QED) is 0.802. The zero-order valence-electron chi connectivity index (χ0n) is 13.8. The zero-order valence-corrected chi connectivity index (χ0v) is 13.8. The van der Waals surface area contributed by atoms with Crippen LogP contribution in [0.4, 0.5) is 0 Å². The van der Waals surface area contributed by atoms with Gasteiger partial charge in [0, 0.05) is 44.2 Å². The van der Waals surface area contributed by atoms with Gasteiger partial charge in [0.25, 0.3) is 0 Å². The van der Waals surface area contributed by atoms with Gasteiger partial charge in [0.1, 0.15) is 6.10 Å². The van der Waals surface area contributed by atoms with Crippen LogP contribution in [0.25, 0.3) is 0 Å². The first-order valence-corrected chi connectivity index (χ1v) is 8.67. The van der Waals surface area contributed by atoms with Gasteiger partial charge in [0.2, 0.25) is 5.91 Å². The third-order valence-electron chi connectivity index (χ3n) is 4.73. The number of carbonyl (C=O) groups is 1. The van der Waals surface area contributed by atoms with Crippen LogP contribution in [0.15, 0.2) is 24.5 Å². The summed E-state index contributed by atoms with van der Waals surface area (Å²) >= 11 is 0. The van der Waals surface area contributed by atoms with Gasteiger partial charge in [0.15, 0.2) is 0 Å². The second kappa shape index (κ2) is 7.57. The Morgan fingerprint density at radius 2 is 1.96 bits per heavy atom. The Morgan fingerprint density at radius 3 is 2.57 bits per heavy atom. The molecule has 0 saturated carbocycles. The van der Waals surface area contributed by atoms with Crippen LogP contribution in [-0.2, 0) is 11.2 Å². The highest BCUT2D eigenvalue weighted by molar-refractivity contribution is 5.79. The molecule has 2 aliphatic rings. The van der Waals surface area contributed by atoms with Gasteiger partial charge >= 0.3 is 6.01 Å². The normalized spacial score (nSPS) is 22.1. The lowest BCUT2D eigenvalue weighted by Crippen LogP contribution is -2.44. The highest BCUT2D eigenvalue weighted by Crippen LogP contribution is 2.23. The zero-order chi connectivity index (χ0) is 16.1. The van der Waals surface area contributed by atoms with E-state index in [1.165, 1.54) is 0 Å². The number of allylic oxidation sites excluding steroid dienone is 2. The van der Waals surface area contributed by atoms with E-state index in [-0.39, 0.29) is 12.0 Å². The third-order valence-corrected chi connectivity index (χ3v) is 4.73. The number of hydrogen-bond donors (Lipinski definition) is 0. The lowest BCUT2D eigenvalue weighted by Gasteiger charge is -2.34. The molecule has 1 atom stereocenters. The maximum atomic E-state index is 12.5. The summed E-state index contributed by atoms with van der Waals surface area (Å²) < 4.78 is 5.86. The average Bonchev–Trinajstić information content (AvgIpc) is 2.63. The molecule has 1 amide bonds. The van der Waals surface area contributed by atoms with Crippen LogP contribution in [0.3, 0.4) is 0 Å². The Bertz CT molecular complexity index is 548. The molecule has 1 aromatic rings. The number of likely N-dealkylation sites (tertiary alicyclic amines) is 1. The van der Waals surface area contributed by atoms with Gasteiger partial charge in [-0.3, -0.25) is 4.79 Å². The SMILES string of the molecule is CCc1cnc(OC2CCN(C(=O)C3CC=CCC3)CC2)nc1. The van der Waals surface area contributed by atoms with Crippen LogP contribution in [0.5, 0.6) is 6.01 Å². The molecule has 23 heavy (non-hydrogen) atoms. The largest absolute Gasteiger partial charge is 0.460 e. The van der Waals surface area contributed by atoms with Crippen molar-refractivity contribution in [1.29, 1.82) is 0 Å². The maximum absolute atomic E-state index is 12.5. The molecular formula is C18H25N3O2. The molecule has 5 heteroatoms. The summed E-state index contributed by atoms with van der Waals surface area (Å²) in [5.74, 6) is 0.499. The molecule has 1 unspecified atom stereocenters. The molecule has 0 N–H and O–H groups in total. The Labute approximate surface area is 137 Å². The Morgan fingerprint density at radius 1 is 1.22 bits per heavy atom. The lowest BCUT2D eigenvalue weighted by molar-refractivity contribution is -0.137. The Balaban J connectivity index is 1.47. The Hall–Kier alpha value is -1.91. The summed E-state index contributed by atoms with van der Waals surface area (Å²) in [6, 6.07) is 0.449. The number of rotatable bonds is 4.